The molecule has 3 aromatic rings. The van der Waals surface area contributed by atoms with E-state index in [1.165, 1.54) is 7.11 Å². The number of ether oxygens (including phenoxy) is 3. The smallest absolute Gasteiger partial charge is 0.290 e. The van der Waals surface area contributed by atoms with Crippen LogP contribution in [0.2, 0.25) is 0 Å². The monoisotopic (exact) mass is 578 g/mol. The van der Waals surface area contributed by atoms with E-state index in [-0.39, 0.29) is 11.3 Å². The van der Waals surface area contributed by atoms with Gasteiger partial charge in [0, 0.05) is 11.9 Å². The largest absolute Gasteiger partial charge is 0.503 e. The van der Waals surface area contributed by atoms with E-state index >= 15 is 0 Å². The summed E-state index contributed by atoms with van der Waals surface area (Å²) < 4.78 is 23.2. The second-order valence-corrected chi connectivity index (χ2v) is 10.2. The van der Waals surface area contributed by atoms with Gasteiger partial charge in [0.15, 0.2) is 34.4 Å². The van der Waals surface area contributed by atoms with Crippen molar-refractivity contribution in [1.82, 2.24) is 9.80 Å². The highest BCUT2D eigenvalue weighted by Gasteiger charge is 2.44. The first-order valence-corrected chi connectivity index (χ1v) is 14.8. The lowest BCUT2D eigenvalue weighted by Crippen LogP contribution is -2.34. The lowest BCUT2D eigenvalue weighted by atomic mass is 9.94. The molecule has 1 amide bonds. The van der Waals surface area contributed by atoms with Crippen LogP contribution in [0.15, 0.2) is 58.2 Å². The summed E-state index contributed by atoms with van der Waals surface area (Å²) in [5.41, 5.74) is 1.04. The molecule has 2 aromatic carbocycles. The summed E-state index contributed by atoms with van der Waals surface area (Å²) in [4.78, 5) is 31.4. The fraction of sp³-hybridized carbons (Fsp3) is 0.455. The number of aliphatic hydroxyl groups excluding tert-OH is 1. The van der Waals surface area contributed by atoms with Gasteiger partial charge in [-0.2, -0.15) is 0 Å². The van der Waals surface area contributed by atoms with Crippen molar-refractivity contribution in [3.8, 4) is 17.2 Å². The van der Waals surface area contributed by atoms with E-state index in [9.17, 15) is 14.7 Å². The Hall–Kier alpha value is -3.98. The van der Waals surface area contributed by atoms with Gasteiger partial charge in [0.1, 0.15) is 0 Å². The van der Waals surface area contributed by atoms with Crippen LogP contribution in [0.1, 0.15) is 69.1 Å². The quantitative estimate of drug-likeness (QED) is 0.155. The van der Waals surface area contributed by atoms with Gasteiger partial charge in [-0.25, -0.2) is 0 Å². The topological polar surface area (TPSA) is 102 Å². The van der Waals surface area contributed by atoms with Gasteiger partial charge in [0.05, 0.1) is 31.9 Å². The van der Waals surface area contributed by atoms with Crippen LogP contribution in [0.4, 0.5) is 0 Å². The molecule has 0 radical (unpaired) electrons. The fourth-order valence-corrected chi connectivity index (χ4v) is 5.32. The average molecular weight is 579 g/mol. The zero-order valence-corrected chi connectivity index (χ0v) is 25.3. The number of methoxy groups -OCH3 is 1. The van der Waals surface area contributed by atoms with E-state index in [2.05, 4.69) is 25.7 Å². The summed E-state index contributed by atoms with van der Waals surface area (Å²) >= 11 is 0. The standard InChI is InChI=1S/C33H42N2O7/c1-6-10-19-41-24-16-15-22(20-26(24)40-9-4)29-28(31(37)33(38)35(29)18-12-17-34(7-2)8-3)30(36)27-21-23-13-11-14-25(39-5)32(23)42-27/h11,13-16,20-21,29,37H,6-10,12,17-19H2,1-5H3. The van der Waals surface area contributed by atoms with Gasteiger partial charge in [-0.15, -0.1) is 0 Å². The van der Waals surface area contributed by atoms with E-state index in [0.29, 0.717) is 60.0 Å². The summed E-state index contributed by atoms with van der Waals surface area (Å²) in [5.74, 6) is -0.0913. The van der Waals surface area contributed by atoms with Gasteiger partial charge in [-0.3, -0.25) is 9.59 Å². The number of ketones is 1. The Kier molecular flexibility index (Phi) is 10.5. The second kappa shape index (κ2) is 14.3. The molecule has 4 rings (SSSR count). The lowest BCUT2D eigenvalue weighted by molar-refractivity contribution is -0.129. The maximum absolute atomic E-state index is 14.0. The number of furan rings is 1. The molecule has 1 atom stereocenters. The maximum Gasteiger partial charge on any atom is 0.290 e. The molecule has 42 heavy (non-hydrogen) atoms. The van der Waals surface area contributed by atoms with Crippen LogP contribution in [0, 0.1) is 0 Å². The van der Waals surface area contributed by atoms with Gasteiger partial charge in [-0.1, -0.05) is 45.4 Å². The summed E-state index contributed by atoms with van der Waals surface area (Å²) in [6, 6.07) is 11.6. The van der Waals surface area contributed by atoms with Crippen molar-refractivity contribution in [1.29, 1.82) is 0 Å². The molecule has 0 fully saturated rings. The first kappa shape index (κ1) is 31.0. The highest BCUT2D eigenvalue weighted by Crippen LogP contribution is 2.42. The van der Waals surface area contributed by atoms with Crippen molar-refractivity contribution in [3.63, 3.8) is 0 Å². The number of hydrogen-bond acceptors (Lipinski definition) is 8. The Morgan fingerprint density at radius 3 is 2.48 bits per heavy atom. The number of fused-ring (bicyclic) bond motifs is 1. The molecule has 0 aliphatic carbocycles. The molecular formula is C33H42N2O7. The van der Waals surface area contributed by atoms with Gasteiger partial charge >= 0.3 is 0 Å². The highest BCUT2D eigenvalue weighted by molar-refractivity contribution is 6.16. The molecule has 0 saturated heterocycles. The van der Waals surface area contributed by atoms with E-state index in [4.69, 9.17) is 18.6 Å². The molecule has 9 nitrogen and oxygen atoms in total. The first-order chi connectivity index (χ1) is 20.4. The van der Waals surface area contributed by atoms with E-state index < -0.39 is 23.5 Å². The molecule has 1 aliphatic heterocycles. The summed E-state index contributed by atoms with van der Waals surface area (Å²) in [7, 11) is 1.53. The van der Waals surface area contributed by atoms with Crippen LogP contribution in [0.5, 0.6) is 17.2 Å². The lowest BCUT2D eigenvalue weighted by Gasteiger charge is -2.28. The van der Waals surface area contributed by atoms with Crippen LogP contribution in [0.3, 0.4) is 0 Å². The molecule has 9 heteroatoms. The number of hydrogen-bond donors (Lipinski definition) is 1. The van der Waals surface area contributed by atoms with Crippen molar-refractivity contribution < 1.29 is 33.3 Å². The van der Waals surface area contributed by atoms with Gasteiger partial charge in [-0.05, 0) is 69.2 Å². The number of carbonyl (C=O) groups excluding carboxylic acids is 2. The fourth-order valence-electron chi connectivity index (χ4n) is 5.32. The van der Waals surface area contributed by atoms with E-state index in [0.717, 1.165) is 32.5 Å². The third-order valence-corrected chi connectivity index (χ3v) is 7.61. The van der Waals surface area contributed by atoms with Gasteiger partial charge in [0.25, 0.3) is 5.91 Å². The number of rotatable bonds is 16. The summed E-state index contributed by atoms with van der Waals surface area (Å²) in [6.07, 6.45) is 2.58. The highest BCUT2D eigenvalue weighted by atomic mass is 16.5. The zero-order chi connectivity index (χ0) is 30.2. The Morgan fingerprint density at radius 2 is 1.79 bits per heavy atom. The number of amides is 1. The van der Waals surface area contributed by atoms with Crippen LogP contribution in [0.25, 0.3) is 11.0 Å². The van der Waals surface area contributed by atoms with Crippen molar-refractivity contribution >= 4 is 22.7 Å². The predicted molar refractivity (Wildman–Crippen MR) is 162 cm³/mol. The Balaban J connectivity index is 1.75. The number of unbranched alkanes of at least 4 members (excludes halogenated alkanes) is 1. The molecule has 0 bridgehead atoms. The van der Waals surface area contributed by atoms with Crippen LogP contribution in [-0.4, -0.2) is 73.1 Å². The molecule has 1 aromatic heterocycles. The number of nitrogens with zero attached hydrogens (tertiary/aromatic N) is 2. The number of benzene rings is 2. The third-order valence-electron chi connectivity index (χ3n) is 7.61. The van der Waals surface area contributed by atoms with Crippen molar-refractivity contribution in [3.05, 3.63) is 65.1 Å². The van der Waals surface area contributed by atoms with E-state index in [1.807, 2.05) is 19.1 Å². The Bertz CT molecular complexity index is 1420. The molecular weight excluding hydrogens is 536 g/mol. The number of para-hydroxylation sites is 1. The van der Waals surface area contributed by atoms with Crippen molar-refractivity contribution in [2.24, 2.45) is 0 Å². The first-order valence-electron chi connectivity index (χ1n) is 14.8. The molecule has 2 heterocycles. The Labute approximate surface area is 247 Å². The van der Waals surface area contributed by atoms with E-state index in [1.54, 1.807) is 35.2 Å². The van der Waals surface area contributed by atoms with Crippen LogP contribution < -0.4 is 14.2 Å². The van der Waals surface area contributed by atoms with Gasteiger partial charge in [0.2, 0.25) is 5.78 Å². The SMILES string of the molecule is CCCCOc1ccc(C2C(C(=O)c3cc4cccc(OC)c4o3)=C(O)C(=O)N2CCCN(CC)CC)cc1OCC. The minimum absolute atomic E-state index is 0.0170. The number of carbonyl (C=O) groups is 2. The normalized spacial score (nSPS) is 15.2. The molecule has 0 spiro atoms. The number of aliphatic hydroxyl groups is 1. The van der Waals surface area contributed by atoms with Crippen LogP contribution >= 0.6 is 0 Å². The number of Topliss-reactive ketones (excluding diaryl/α,β-unsaturated/α-hetero) is 1. The molecule has 1 unspecified atom stereocenters. The van der Waals surface area contributed by atoms with Crippen molar-refractivity contribution in [2.45, 2.75) is 53.0 Å². The summed E-state index contributed by atoms with van der Waals surface area (Å²) in [6.45, 7) is 12.1. The molecule has 0 saturated carbocycles. The maximum atomic E-state index is 14.0. The second-order valence-electron chi connectivity index (χ2n) is 10.2. The minimum Gasteiger partial charge on any atom is -0.503 e. The summed E-state index contributed by atoms with van der Waals surface area (Å²) in [5, 5.41) is 11.9. The average Bonchev–Trinajstić information content (AvgIpc) is 3.55. The van der Waals surface area contributed by atoms with Gasteiger partial charge < -0.3 is 33.5 Å². The third kappa shape index (κ3) is 6.41. The van der Waals surface area contributed by atoms with Crippen LogP contribution in [-0.2, 0) is 4.79 Å². The molecule has 1 N–H and O–H groups in total. The zero-order valence-electron chi connectivity index (χ0n) is 25.3. The minimum atomic E-state index is -0.833. The van der Waals surface area contributed by atoms with Crippen molar-refractivity contribution in [2.75, 3.05) is 46.5 Å². The molecule has 1 aliphatic rings. The Morgan fingerprint density at radius 1 is 1.00 bits per heavy atom. The molecule has 226 valence electrons. The predicted octanol–water partition coefficient (Wildman–Crippen LogP) is 6.33.